The van der Waals surface area contributed by atoms with E-state index in [9.17, 15) is 4.39 Å². The Morgan fingerprint density at radius 3 is 2.33 bits per heavy atom. The molecule has 0 unspecified atom stereocenters. The minimum Gasteiger partial charge on any atom is -0.491 e. The molecule has 0 saturated carbocycles. The van der Waals surface area contributed by atoms with E-state index in [1.165, 1.54) is 5.56 Å². The summed E-state index contributed by atoms with van der Waals surface area (Å²) in [5.41, 5.74) is 3.07. The van der Waals surface area contributed by atoms with Crippen LogP contribution in [0.3, 0.4) is 0 Å². The van der Waals surface area contributed by atoms with E-state index in [1.54, 1.807) is 12.1 Å². The van der Waals surface area contributed by atoms with Gasteiger partial charge in [-0.05, 0) is 73.9 Å². The van der Waals surface area contributed by atoms with Crippen molar-refractivity contribution in [3.05, 3.63) is 63.9 Å². The van der Waals surface area contributed by atoms with Gasteiger partial charge in [0.15, 0.2) is 11.6 Å². The van der Waals surface area contributed by atoms with Crippen molar-refractivity contribution in [1.82, 2.24) is 0 Å². The zero-order chi connectivity index (χ0) is 28.7. The number of halogens is 2. The molecule has 7 heteroatoms. The molecule has 0 aliphatic carbocycles. The minimum absolute atomic E-state index is 0.00452. The Balaban J connectivity index is 1.82. The summed E-state index contributed by atoms with van der Waals surface area (Å²) in [5.74, 6) is -0.0664. The maximum absolute atomic E-state index is 14.5. The smallest absolute Gasteiger partial charge is 0.165 e. The van der Waals surface area contributed by atoms with Gasteiger partial charge in [0.05, 0.1) is 30.7 Å². The van der Waals surface area contributed by atoms with Crippen molar-refractivity contribution in [2.45, 2.75) is 102 Å². The molecule has 1 aliphatic rings. The fourth-order valence-corrected chi connectivity index (χ4v) is 6.72. The van der Waals surface area contributed by atoms with Gasteiger partial charge in [-0.1, -0.05) is 69.8 Å². The third-order valence-electron chi connectivity index (χ3n) is 7.21. The summed E-state index contributed by atoms with van der Waals surface area (Å²) >= 11 is 8.58. The van der Waals surface area contributed by atoms with Gasteiger partial charge in [0.2, 0.25) is 0 Å². The van der Waals surface area contributed by atoms with E-state index in [0.717, 1.165) is 75.9 Å². The standard InChI is InChI=1S/C33H48ClFO4S/c1-5-9-16-36-23-32-33(39-18-11-7-3)30(38-17-10-6-2)22-31(40-32)25-13-14-27(34)26(21-25)19-24-12-15-29(37-8-4)28(35)20-24/h12-15,20-21,30-33H,5-11,16-19,22-23H2,1-4H3/t30-,31-,32-,33+/m1/s1. The summed E-state index contributed by atoms with van der Waals surface area (Å²) in [6.07, 6.45) is 7.90. The van der Waals surface area contributed by atoms with Crippen LogP contribution in [0.15, 0.2) is 36.4 Å². The van der Waals surface area contributed by atoms with Crippen LogP contribution >= 0.6 is 23.4 Å². The molecule has 224 valence electrons. The van der Waals surface area contributed by atoms with E-state index in [0.29, 0.717) is 24.7 Å². The van der Waals surface area contributed by atoms with Crippen LogP contribution in [0.2, 0.25) is 5.02 Å². The van der Waals surface area contributed by atoms with E-state index >= 15 is 0 Å². The van der Waals surface area contributed by atoms with E-state index < -0.39 is 0 Å². The molecule has 1 heterocycles. The predicted molar refractivity (Wildman–Crippen MR) is 166 cm³/mol. The van der Waals surface area contributed by atoms with Gasteiger partial charge in [-0.25, -0.2) is 4.39 Å². The Bertz CT molecular complexity index is 1010. The number of hydrogen-bond acceptors (Lipinski definition) is 5. The van der Waals surface area contributed by atoms with Gasteiger partial charge in [-0.3, -0.25) is 0 Å². The van der Waals surface area contributed by atoms with Gasteiger partial charge in [0.25, 0.3) is 0 Å². The molecule has 40 heavy (non-hydrogen) atoms. The van der Waals surface area contributed by atoms with Gasteiger partial charge in [-0.15, -0.1) is 11.8 Å². The topological polar surface area (TPSA) is 36.9 Å². The van der Waals surface area contributed by atoms with Crippen LogP contribution in [-0.4, -0.2) is 50.5 Å². The molecular weight excluding hydrogens is 547 g/mol. The van der Waals surface area contributed by atoms with Crippen molar-refractivity contribution < 1.29 is 23.3 Å². The minimum atomic E-state index is -0.346. The molecule has 3 rings (SSSR count). The number of thioether (sulfide) groups is 1. The van der Waals surface area contributed by atoms with Crippen LogP contribution in [0.1, 0.15) is 94.6 Å². The van der Waals surface area contributed by atoms with Gasteiger partial charge in [-0.2, -0.15) is 0 Å². The van der Waals surface area contributed by atoms with Crippen molar-refractivity contribution in [3.63, 3.8) is 0 Å². The second kappa shape index (κ2) is 18.3. The van der Waals surface area contributed by atoms with Gasteiger partial charge in [0.1, 0.15) is 0 Å². The average Bonchev–Trinajstić information content (AvgIpc) is 2.95. The Kier molecular flexibility index (Phi) is 15.2. The number of benzene rings is 2. The highest BCUT2D eigenvalue weighted by atomic mass is 35.5. The van der Waals surface area contributed by atoms with Crippen LogP contribution < -0.4 is 4.74 Å². The molecule has 4 nitrogen and oxygen atoms in total. The first-order chi connectivity index (χ1) is 19.5. The third kappa shape index (κ3) is 10.2. The Labute approximate surface area is 250 Å². The van der Waals surface area contributed by atoms with Crippen LogP contribution in [0.4, 0.5) is 4.39 Å². The van der Waals surface area contributed by atoms with Crippen LogP contribution in [0.5, 0.6) is 5.75 Å². The number of ether oxygens (including phenoxy) is 4. The number of hydrogen-bond donors (Lipinski definition) is 0. The van der Waals surface area contributed by atoms with Gasteiger partial charge in [0, 0.05) is 30.1 Å². The molecule has 0 radical (unpaired) electrons. The highest BCUT2D eigenvalue weighted by Gasteiger charge is 2.40. The second-order valence-corrected chi connectivity index (χ2v) is 12.4. The summed E-state index contributed by atoms with van der Waals surface area (Å²) in [6.45, 7) is 11.7. The highest BCUT2D eigenvalue weighted by Crippen LogP contribution is 2.46. The fraction of sp³-hybridized carbons (Fsp3) is 0.636. The van der Waals surface area contributed by atoms with Crippen LogP contribution in [-0.2, 0) is 20.6 Å². The van der Waals surface area contributed by atoms with E-state index in [-0.39, 0.29) is 34.3 Å². The normalized spacial score (nSPS) is 21.1. The van der Waals surface area contributed by atoms with E-state index in [2.05, 4.69) is 32.9 Å². The summed E-state index contributed by atoms with van der Waals surface area (Å²) in [4.78, 5) is 0. The van der Waals surface area contributed by atoms with E-state index in [4.69, 9.17) is 30.5 Å². The van der Waals surface area contributed by atoms with Crippen molar-refractivity contribution in [2.24, 2.45) is 0 Å². The zero-order valence-corrected chi connectivity index (χ0v) is 26.3. The van der Waals surface area contributed by atoms with Crippen LogP contribution in [0, 0.1) is 5.82 Å². The monoisotopic (exact) mass is 594 g/mol. The number of unbranched alkanes of at least 4 members (excludes halogenated alkanes) is 3. The average molecular weight is 595 g/mol. The van der Waals surface area contributed by atoms with Crippen molar-refractivity contribution in [1.29, 1.82) is 0 Å². The largest absolute Gasteiger partial charge is 0.491 e. The first-order valence-electron chi connectivity index (χ1n) is 15.2. The highest BCUT2D eigenvalue weighted by molar-refractivity contribution is 8.00. The molecule has 2 aromatic rings. The summed E-state index contributed by atoms with van der Waals surface area (Å²) < 4.78 is 39.0. The lowest BCUT2D eigenvalue weighted by atomic mass is 9.96. The molecule has 0 bridgehead atoms. The molecule has 0 amide bonds. The molecule has 4 atom stereocenters. The summed E-state index contributed by atoms with van der Waals surface area (Å²) in [6, 6.07) is 11.4. The van der Waals surface area contributed by atoms with Crippen LogP contribution in [0.25, 0.3) is 0 Å². The molecule has 0 N–H and O–H groups in total. The molecule has 0 spiro atoms. The van der Waals surface area contributed by atoms with Gasteiger partial charge < -0.3 is 18.9 Å². The lowest BCUT2D eigenvalue weighted by Crippen LogP contribution is -2.46. The Morgan fingerprint density at radius 1 is 0.900 bits per heavy atom. The van der Waals surface area contributed by atoms with Gasteiger partial charge >= 0.3 is 0 Å². The maximum Gasteiger partial charge on any atom is 0.165 e. The lowest BCUT2D eigenvalue weighted by Gasteiger charge is -2.41. The molecule has 1 saturated heterocycles. The first kappa shape index (κ1) is 33.2. The Morgan fingerprint density at radius 2 is 1.62 bits per heavy atom. The first-order valence-corrected chi connectivity index (χ1v) is 16.5. The summed E-state index contributed by atoms with van der Waals surface area (Å²) in [7, 11) is 0. The number of rotatable bonds is 18. The quantitative estimate of drug-likeness (QED) is 0.161. The SMILES string of the molecule is CCCCOC[C@H]1S[C@@H](c2ccc(Cl)c(Cc3ccc(OCC)c(F)c3)c2)C[C@@H](OCCCC)[C@@H]1OCCCC. The summed E-state index contributed by atoms with van der Waals surface area (Å²) in [5, 5.41) is 1.10. The predicted octanol–water partition coefficient (Wildman–Crippen LogP) is 9.20. The molecule has 2 aromatic carbocycles. The molecule has 1 fully saturated rings. The van der Waals surface area contributed by atoms with E-state index in [1.807, 2.05) is 30.8 Å². The molecular formula is C33H48ClFO4S. The zero-order valence-electron chi connectivity index (χ0n) is 24.8. The van der Waals surface area contributed by atoms with Crippen molar-refractivity contribution in [2.75, 3.05) is 33.0 Å². The third-order valence-corrected chi connectivity index (χ3v) is 9.13. The maximum atomic E-state index is 14.5. The lowest BCUT2D eigenvalue weighted by molar-refractivity contribution is -0.0888. The Hall–Kier alpha value is -1.31. The van der Waals surface area contributed by atoms with Crippen molar-refractivity contribution >= 4 is 23.4 Å². The molecule has 1 aliphatic heterocycles. The van der Waals surface area contributed by atoms with Crippen molar-refractivity contribution in [3.8, 4) is 5.75 Å². The molecule has 0 aromatic heterocycles. The fourth-order valence-electron chi connectivity index (χ4n) is 4.92. The second-order valence-electron chi connectivity index (χ2n) is 10.5.